The number of hydrogen-bond acceptors (Lipinski definition) is 2. The number of rotatable bonds is 4. The molecule has 0 bridgehead atoms. The number of carbonyl (C=O) groups is 2. The Morgan fingerprint density at radius 1 is 1.13 bits per heavy atom. The number of amides is 2. The summed E-state index contributed by atoms with van der Waals surface area (Å²) in [5.41, 5.74) is 1.65. The van der Waals surface area contributed by atoms with Gasteiger partial charge in [0.15, 0.2) is 0 Å². The zero-order chi connectivity index (χ0) is 16.2. The fourth-order valence-electron chi connectivity index (χ4n) is 2.76. The molecule has 5 heteroatoms. The van der Waals surface area contributed by atoms with Gasteiger partial charge in [0.2, 0.25) is 11.8 Å². The molecule has 1 fully saturated rings. The first kappa shape index (κ1) is 15.6. The highest BCUT2D eigenvalue weighted by Crippen LogP contribution is 2.21. The second-order valence-corrected chi connectivity index (χ2v) is 5.98. The van der Waals surface area contributed by atoms with Gasteiger partial charge in [-0.05, 0) is 23.8 Å². The molecule has 3 rings (SSSR count). The SMILES string of the molecule is O=C(Cc1ccccc1Cl)NC1CC(=O)N(c2ccccc2)C1. The lowest BCUT2D eigenvalue weighted by molar-refractivity contribution is -0.121. The summed E-state index contributed by atoms with van der Waals surface area (Å²) in [6.45, 7) is 0.497. The van der Waals surface area contributed by atoms with Crippen molar-refractivity contribution in [2.24, 2.45) is 0 Å². The Morgan fingerprint density at radius 2 is 1.83 bits per heavy atom. The lowest BCUT2D eigenvalue weighted by Crippen LogP contribution is -2.38. The summed E-state index contributed by atoms with van der Waals surface area (Å²) in [6.07, 6.45) is 0.541. The van der Waals surface area contributed by atoms with E-state index in [2.05, 4.69) is 5.32 Å². The minimum atomic E-state index is -0.169. The van der Waals surface area contributed by atoms with Crippen molar-refractivity contribution < 1.29 is 9.59 Å². The van der Waals surface area contributed by atoms with E-state index in [1.165, 1.54) is 0 Å². The van der Waals surface area contributed by atoms with Crippen molar-refractivity contribution in [2.45, 2.75) is 18.9 Å². The van der Waals surface area contributed by atoms with Crippen molar-refractivity contribution in [3.8, 4) is 0 Å². The first-order chi connectivity index (χ1) is 11.1. The Morgan fingerprint density at radius 3 is 2.57 bits per heavy atom. The molecule has 0 saturated carbocycles. The lowest BCUT2D eigenvalue weighted by atomic mass is 10.1. The highest BCUT2D eigenvalue weighted by atomic mass is 35.5. The molecule has 0 spiro atoms. The van der Waals surface area contributed by atoms with E-state index < -0.39 is 0 Å². The quantitative estimate of drug-likeness (QED) is 0.938. The number of para-hydroxylation sites is 1. The van der Waals surface area contributed by atoms with Crippen LogP contribution in [-0.2, 0) is 16.0 Å². The molecule has 2 aromatic rings. The average Bonchev–Trinajstić information content (AvgIpc) is 2.91. The normalized spacial score (nSPS) is 17.3. The van der Waals surface area contributed by atoms with Crippen molar-refractivity contribution in [3.63, 3.8) is 0 Å². The van der Waals surface area contributed by atoms with Crippen LogP contribution in [0.2, 0.25) is 5.02 Å². The Labute approximate surface area is 140 Å². The van der Waals surface area contributed by atoms with Crippen molar-refractivity contribution in [1.82, 2.24) is 5.32 Å². The fraction of sp³-hybridized carbons (Fsp3) is 0.222. The highest BCUT2D eigenvalue weighted by Gasteiger charge is 2.31. The lowest BCUT2D eigenvalue weighted by Gasteiger charge is -2.17. The van der Waals surface area contributed by atoms with Crippen LogP contribution >= 0.6 is 11.6 Å². The van der Waals surface area contributed by atoms with Gasteiger partial charge < -0.3 is 10.2 Å². The summed E-state index contributed by atoms with van der Waals surface area (Å²) in [4.78, 5) is 26.0. The molecular weight excluding hydrogens is 312 g/mol. The van der Waals surface area contributed by atoms with Crippen LogP contribution in [0.4, 0.5) is 5.69 Å². The van der Waals surface area contributed by atoms with E-state index >= 15 is 0 Å². The standard InChI is InChI=1S/C18H17ClN2O2/c19-16-9-5-4-6-13(16)10-17(22)20-14-11-18(23)21(12-14)15-7-2-1-3-8-15/h1-9,14H,10-12H2,(H,20,22). The summed E-state index contributed by atoms with van der Waals surface area (Å²) in [5.74, 6) is -0.0925. The number of hydrogen-bond donors (Lipinski definition) is 1. The van der Waals surface area contributed by atoms with E-state index in [4.69, 9.17) is 11.6 Å². The van der Waals surface area contributed by atoms with Crippen LogP contribution in [0, 0.1) is 0 Å². The van der Waals surface area contributed by atoms with E-state index in [-0.39, 0.29) is 24.3 Å². The summed E-state index contributed by atoms with van der Waals surface area (Å²) in [6, 6.07) is 16.6. The molecule has 4 nitrogen and oxygen atoms in total. The average molecular weight is 329 g/mol. The number of halogens is 1. The van der Waals surface area contributed by atoms with Gasteiger partial charge >= 0.3 is 0 Å². The molecule has 1 atom stereocenters. The van der Waals surface area contributed by atoms with Gasteiger partial charge in [0.25, 0.3) is 0 Å². The third-order valence-electron chi connectivity index (χ3n) is 3.87. The smallest absolute Gasteiger partial charge is 0.229 e. The maximum atomic E-state index is 12.2. The largest absolute Gasteiger partial charge is 0.351 e. The van der Waals surface area contributed by atoms with Gasteiger partial charge in [0.05, 0.1) is 12.5 Å². The minimum Gasteiger partial charge on any atom is -0.351 e. The summed E-state index contributed by atoms with van der Waals surface area (Å²) in [7, 11) is 0. The fourth-order valence-corrected chi connectivity index (χ4v) is 2.96. The van der Waals surface area contributed by atoms with E-state index in [0.29, 0.717) is 18.0 Å². The van der Waals surface area contributed by atoms with Crippen LogP contribution in [0.15, 0.2) is 54.6 Å². The molecule has 1 N–H and O–H groups in total. The van der Waals surface area contributed by atoms with E-state index in [1.807, 2.05) is 48.5 Å². The molecule has 2 amide bonds. The zero-order valence-electron chi connectivity index (χ0n) is 12.5. The van der Waals surface area contributed by atoms with Crippen LogP contribution in [0.1, 0.15) is 12.0 Å². The van der Waals surface area contributed by atoms with Gasteiger partial charge in [-0.15, -0.1) is 0 Å². The predicted octanol–water partition coefficient (Wildman–Crippen LogP) is 2.80. The maximum Gasteiger partial charge on any atom is 0.229 e. The van der Waals surface area contributed by atoms with Crippen molar-refractivity contribution in [2.75, 3.05) is 11.4 Å². The number of anilines is 1. The van der Waals surface area contributed by atoms with Gasteiger partial charge in [0.1, 0.15) is 0 Å². The second kappa shape index (κ2) is 6.84. The monoisotopic (exact) mass is 328 g/mol. The van der Waals surface area contributed by atoms with Crippen LogP contribution in [0.5, 0.6) is 0 Å². The number of carbonyl (C=O) groups excluding carboxylic acids is 2. The topological polar surface area (TPSA) is 49.4 Å². The molecule has 118 valence electrons. The van der Waals surface area contributed by atoms with Crippen LogP contribution in [0.25, 0.3) is 0 Å². The maximum absolute atomic E-state index is 12.2. The molecule has 1 heterocycles. The van der Waals surface area contributed by atoms with Gasteiger partial charge in [0, 0.05) is 23.7 Å². The first-order valence-electron chi connectivity index (χ1n) is 7.51. The number of nitrogens with one attached hydrogen (secondary N) is 1. The Hall–Kier alpha value is -2.33. The van der Waals surface area contributed by atoms with Gasteiger partial charge in [-0.3, -0.25) is 9.59 Å². The van der Waals surface area contributed by atoms with Gasteiger partial charge in [-0.25, -0.2) is 0 Å². The summed E-state index contributed by atoms with van der Waals surface area (Å²) < 4.78 is 0. The third-order valence-corrected chi connectivity index (χ3v) is 4.24. The van der Waals surface area contributed by atoms with Crippen molar-refractivity contribution in [3.05, 3.63) is 65.2 Å². The molecule has 0 radical (unpaired) electrons. The van der Waals surface area contributed by atoms with Gasteiger partial charge in [-0.1, -0.05) is 48.0 Å². The number of nitrogens with zero attached hydrogens (tertiary/aromatic N) is 1. The molecular formula is C18H17ClN2O2. The minimum absolute atomic E-state index is 0.0271. The Bertz CT molecular complexity index is 718. The van der Waals surface area contributed by atoms with E-state index in [9.17, 15) is 9.59 Å². The van der Waals surface area contributed by atoms with Crippen LogP contribution in [0.3, 0.4) is 0 Å². The van der Waals surface area contributed by atoms with Gasteiger partial charge in [-0.2, -0.15) is 0 Å². The Kier molecular flexibility index (Phi) is 4.63. The predicted molar refractivity (Wildman–Crippen MR) is 90.5 cm³/mol. The molecule has 1 aliphatic rings. The zero-order valence-corrected chi connectivity index (χ0v) is 13.3. The Balaban J connectivity index is 1.60. The van der Waals surface area contributed by atoms with E-state index in [0.717, 1.165) is 11.3 Å². The highest BCUT2D eigenvalue weighted by molar-refractivity contribution is 6.31. The molecule has 23 heavy (non-hydrogen) atoms. The van der Waals surface area contributed by atoms with Crippen LogP contribution < -0.4 is 10.2 Å². The third kappa shape index (κ3) is 3.71. The molecule has 2 aromatic carbocycles. The molecule has 1 saturated heterocycles. The van der Waals surface area contributed by atoms with Crippen LogP contribution in [-0.4, -0.2) is 24.4 Å². The molecule has 1 unspecified atom stereocenters. The second-order valence-electron chi connectivity index (χ2n) is 5.58. The molecule has 0 aromatic heterocycles. The summed E-state index contributed by atoms with van der Waals surface area (Å²) in [5, 5.41) is 3.50. The molecule has 1 aliphatic heterocycles. The first-order valence-corrected chi connectivity index (χ1v) is 7.89. The van der Waals surface area contributed by atoms with E-state index in [1.54, 1.807) is 11.0 Å². The van der Waals surface area contributed by atoms with Crippen molar-refractivity contribution in [1.29, 1.82) is 0 Å². The molecule has 0 aliphatic carbocycles. The van der Waals surface area contributed by atoms with Crippen molar-refractivity contribution >= 4 is 29.1 Å². The summed E-state index contributed by atoms with van der Waals surface area (Å²) >= 11 is 6.07. The number of benzene rings is 2.